The molecule has 2 aliphatic carbocycles. The highest BCUT2D eigenvalue weighted by Gasteiger charge is 2.30. The van der Waals surface area contributed by atoms with Crippen LogP contribution in [0.5, 0.6) is 0 Å². The van der Waals surface area contributed by atoms with E-state index in [-0.39, 0.29) is 0 Å². The predicted molar refractivity (Wildman–Crippen MR) is 145 cm³/mol. The first-order valence-electron chi connectivity index (χ1n) is 13.4. The molecule has 0 saturated carbocycles. The van der Waals surface area contributed by atoms with Gasteiger partial charge in [0.05, 0.1) is 5.36 Å². The van der Waals surface area contributed by atoms with Crippen LogP contribution in [0.25, 0.3) is 17.2 Å². The van der Waals surface area contributed by atoms with Crippen molar-refractivity contribution in [3.63, 3.8) is 0 Å². The van der Waals surface area contributed by atoms with Crippen LogP contribution in [-0.2, 0) is 25.7 Å². The zero-order chi connectivity index (χ0) is 23.5. The lowest BCUT2D eigenvalue weighted by Crippen LogP contribution is -2.34. The van der Waals surface area contributed by atoms with E-state index in [0.29, 0.717) is 6.67 Å². The lowest BCUT2D eigenvalue weighted by Gasteiger charge is -2.36. The van der Waals surface area contributed by atoms with Crippen molar-refractivity contribution in [2.75, 3.05) is 19.8 Å². The largest absolute Gasteiger partial charge is 0.317 e. The third kappa shape index (κ3) is 4.75. The second-order valence-electron chi connectivity index (χ2n) is 10.3. The predicted octanol–water partition coefficient (Wildman–Crippen LogP) is 4.69. The van der Waals surface area contributed by atoms with Gasteiger partial charge in [-0.05, 0) is 115 Å². The molecule has 1 atom stereocenters. The van der Waals surface area contributed by atoms with Crippen molar-refractivity contribution in [1.82, 2.24) is 5.32 Å². The quantitative estimate of drug-likeness (QED) is 0.561. The van der Waals surface area contributed by atoms with Crippen LogP contribution in [0.4, 0.5) is 0 Å². The first-order valence-corrected chi connectivity index (χ1v) is 13.4. The molecule has 3 heteroatoms. The van der Waals surface area contributed by atoms with Gasteiger partial charge in [-0.1, -0.05) is 54.6 Å². The van der Waals surface area contributed by atoms with Crippen molar-refractivity contribution < 1.29 is 0 Å². The summed E-state index contributed by atoms with van der Waals surface area (Å²) in [4.78, 5) is 8.30. The average Bonchev–Trinajstić information content (AvgIpc) is 3.19. The van der Waals surface area contributed by atoms with E-state index in [9.17, 15) is 0 Å². The maximum atomic E-state index is 4.26. The number of fused-ring (bicyclic) bond motifs is 6. The van der Waals surface area contributed by atoms with E-state index in [4.69, 9.17) is 0 Å². The van der Waals surface area contributed by atoms with Crippen LogP contribution in [0.3, 0.4) is 0 Å². The summed E-state index contributed by atoms with van der Waals surface area (Å²) in [6, 6.07) is 21.9. The van der Waals surface area contributed by atoms with Gasteiger partial charge >= 0.3 is 0 Å². The van der Waals surface area contributed by atoms with E-state index < -0.39 is 0 Å². The van der Waals surface area contributed by atoms with Gasteiger partial charge in [0.25, 0.3) is 0 Å². The van der Waals surface area contributed by atoms with Gasteiger partial charge in [0, 0.05) is 11.4 Å². The van der Waals surface area contributed by atoms with E-state index in [2.05, 4.69) is 51.7 Å². The van der Waals surface area contributed by atoms with Crippen LogP contribution in [-0.4, -0.2) is 26.0 Å². The van der Waals surface area contributed by atoms with Gasteiger partial charge < -0.3 is 5.32 Å². The summed E-state index contributed by atoms with van der Waals surface area (Å²) >= 11 is 0. The topological polar surface area (TPSA) is 36.8 Å². The summed E-state index contributed by atoms with van der Waals surface area (Å²) in [6.07, 6.45) is 13.1. The van der Waals surface area contributed by atoms with Crippen LogP contribution in [0, 0.1) is 11.8 Å². The molecule has 7 rings (SSSR count). The zero-order valence-corrected chi connectivity index (χ0v) is 20.5. The van der Waals surface area contributed by atoms with Gasteiger partial charge in [-0.2, -0.15) is 0 Å². The fraction of sp³-hybridized carbons (Fsp3) is 0.375. The molecule has 3 aromatic carbocycles. The fourth-order valence-electron chi connectivity index (χ4n) is 6.52. The second kappa shape index (κ2) is 10.3. The smallest absolute Gasteiger partial charge is 0.130 e. The molecule has 0 aromatic heterocycles. The minimum Gasteiger partial charge on any atom is -0.317 e. The maximum Gasteiger partial charge on any atom is 0.130 e. The number of para-hydroxylation sites is 1. The van der Waals surface area contributed by atoms with Gasteiger partial charge in [0.1, 0.15) is 6.67 Å². The fourth-order valence-corrected chi connectivity index (χ4v) is 6.52. The minimum atomic E-state index is 0.549. The van der Waals surface area contributed by atoms with E-state index in [1.165, 1.54) is 74.7 Å². The molecule has 1 N–H and O–H groups in total. The molecule has 0 radical (unpaired) electrons. The Morgan fingerprint density at radius 3 is 2.49 bits per heavy atom. The summed E-state index contributed by atoms with van der Waals surface area (Å²) in [6.45, 7) is 3.01. The van der Waals surface area contributed by atoms with Crippen LogP contribution in [0.2, 0.25) is 0 Å². The van der Waals surface area contributed by atoms with E-state index in [1.807, 2.05) is 30.3 Å². The Morgan fingerprint density at radius 2 is 1.54 bits per heavy atom. The average molecular weight is 462 g/mol. The van der Waals surface area contributed by atoms with Crippen LogP contribution >= 0.6 is 0 Å². The highest BCUT2D eigenvalue weighted by Crippen LogP contribution is 2.41. The minimum absolute atomic E-state index is 0.549. The summed E-state index contributed by atoms with van der Waals surface area (Å²) in [5.74, 6) is 1.87. The Balaban J connectivity index is 0.000000174. The van der Waals surface area contributed by atoms with Crippen molar-refractivity contribution in [2.24, 2.45) is 21.8 Å². The normalized spacial score (nSPS) is 20.4. The number of nitrogens with one attached hydrogen (secondary N) is 1. The van der Waals surface area contributed by atoms with E-state index >= 15 is 0 Å². The number of rotatable bonds is 1. The molecular formula is C32H35N3. The highest BCUT2D eigenvalue weighted by atomic mass is 14.9. The van der Waals surface area contributed by atoms with Crippen LogP contribution < -0.4 is 15.9 Å². The maximum absolute atomic E-state index is 4.26. The summed E-state index contributed by atoms with van der Waals surface area (Å²) in [5.41, 5.74) is 9.63. The first kappa shape index (κ1) is 22.4. The van der Waals surface area contributed by atoms with Gasteiger partial charge in [0.2, 0.25) is 0 Å². The number of nitrogens with zero attached hydrogens (tertiary/aromatic N) is 2. The lowest BCUT2D eigenvalue weighted by atomic mass is 9.70. The summed E-state index contributed by atoms with van der Waals surface area (Å²) in [5, 5.41) is 5.71. The molecule has 3 aromatic rings. The molecule has 4 aliphatic rings. The van der Waals surface area contributed by atoms with Crippen molar-refractivity contribution in [1.29, 1.82) is 0 Å². The monoisotopic (exact) mass is 461 g/mol. The third-order valence-corrected chi connectivity index (χ3v) is 8.40. The SMILES string of the molecule is C1=NCN=c2ccccc2=C1.c1ccc2c(c1)CCc1c-2ccc2c1CC(C1CCNCC1)CC2. The molecule has 0 bridgehead atoms. The number of aliphatic imine (C=N–C) groups is 1. The number of hydrogen-bond acceptors (Lipinski definition) is 3. The van der Waals surface area contributed by atoms with E-state index in [1.54, 1.807) is 22.9 Å². The van der Waals surface area contributed by atoms with Crippen molar-refractivity contribution in [2.45, 2.75) is 44.9 Å². The Labute approximate surface area is 208 Å². The first-order chi connectivity index (χ1) is 17.4. The Hall–Kier alpha value is -3.04. The highest BCUT2D eigenvalue weighted by molar-refractivity contribution is 5.90. The van der Waals surface area contributed by atoms with E-state index in [0.717, 1.165) is 22.4 Å². The van der Waals surface area contributed by atoms with Crippen LogP contribution in [0.1, 0.15) is 41.5 Å². The molecule has 1 unspecified atom stereocenters. The zero-order valence-electron chi connectivity index (χ0n) is 20.5. The Bertz CT molecular complexity index is 1350. The Morgan fingerprint density at radius 1 is 0.686 bits per heavy atom. The summed E-state index contributed by atoms with van der Waals surface area (Å²) in [7, 11) is 0. The second-order valence-corrected chi connectivity index (χ2v) is 10.3. The molecule has 178 valence electrons. The molecule has 0 amide bonds. The van der Waals surface area contributed by atoms with Gasteiger partial charge in [0.15, 0.2) is 0 Å². The van der Waals surface area contributed by atoms with Crippen molar-refractivity contribution in [3.8, 4) is 11.1 Å². The molecule has 35 heavy (non-hydrogen) atoms. The molecule has 1 saturated heterocycles. The third-order valence-electron chi connectivity index (χ3n) is 8.40. The number of aryl methyl sites for hydroxylation is 2. The molecule has 2 heterocycles. The van der Waals surface area contributed by atoms with Crippen molar-refractivity contribution in [3.05, 3.63) is 93.5 Å². The number of piperidine rings is 1. The Kier molecular flexibility index (Phi) is 6.60. The van der Waals surface area contributed by atoms with Gasteiger partial charge in [-0.25, -0.2) is 0 Å². The molecule has 1 fully saturated rings. The van der Waals surface area contributed by atoms with Gasteiger partial charge in [-0.15, -0.1) is 0 Å². The standard InChI is InChI=1S/C23H27N.C9H8N2/c1-2-4-20-17(3-1)7-10-22-21(20)9-8-18-5-6-19(15-23(18)22)16-11-13-24-14-12-16;1-2-4-9-8(3-1)5-6-10-7-11-9/h1-4,8-9,16,19,24H,5-7,10-15H2;1-6H,7H2. The molecule has 0 spiro atoms. The van der Waals surface area contributed by atoms with Gasteiger partial charge in [-0.3, -0.25) is 9.98 Å². The molecule has 3 nitrogen and oxygen atoms in total. The lowest BCUT2D eigenvalue weighted by molar-refractivity contribution is 0.237. The summed E-state index contributed by atoms with van der Waals surface area (Å²) < 4.78 is 0. The van der Waals surface area contributed by atoms with Crippen LogP contribution in [0.15, 0.2) is 70.6 Å². The number of hydrogen-bond donors (Lipinski definition) is 1. The number of benzene rings is 3. The molecular weight excluding hydrogens is 426 g/mol. The molecule has 2 aliphatic heterocycles. The van der Waals surface area contributed by atoms with Crippen molar-refractivity contribution >= 4 is 12.3 Å².